The Hall–Kier alpha value is -3.03. The Morgan fingerprint density at radius 1 is 1.05 bits per heavy atom. The molecule has 1 aromatic heterocycles. The van der Waals surface area contributed by atoms with E-state index in [1.807, 2.05) is 0 Å². The Labute approximate surface area is 122 Å². The van der Waals surface area contributed by atoms with Gasteiger partial charge in [0.05, 0.1) is 17.4 Å². The van der Waals surface area contributed by atoms with Gasteiger partial charge >= 0.3 is 6.03 Å². The quantitative estimate of drug-likeness (QED) is 0.633. The first kappa shape index (κ1) is 13.9. The highest BCUT2D eigenvalue weighted by atomic mass is 19.2. The molecule has 0 aliphatic rings. The van der Waals surface area contributed by atoms with E-state index >= 15 is 0 Å². The van der Waals surface area contributed by atoms with Crippen molar-refractivity contribution in [1.82, 2.24) is 10.2 Å². The molecule has 0 atom stereocenters. The molecule has 0 unspecified atom stereocenters. The number of nitrogens with zero attached hydrogens (tertiary/aromatic N) is 1. The molecule has 2 amide bonds. The van der Waals surface area contributed by atoms with Gasteiger partial charge < -0.3 is 10.6 Å². The van der Waals surface area contributed by atoms with Gasteiger partial charge in [-0.05, 0) is 30.3 Å². The molecule has 1 heterocycles. The maximum atomic E-state index is 13.5. The molecule has 22 heavy (non-hydrogen) atoms. The summed E-state index contributed by atoms with van der Waals surface area (Å²) in [5.74, 6) is -4.43. The molecule has 0 aliphatic heterocycles. The van der Waals surface area contributed by atoms with Crippen LogP contribution in [-0.2, 0) is 0 Å². The van der Waals surface area contributed by atoms with E-state index in [1.165, 1.54) is 0 Å². The fraction of sp³-hybridized carbons (Fsp3) is 0. The van der Waals surface area contributed by atoms with Crippen LogP contribution in [0.5, 0.6) is 0 Å². The molecule has 8 heteroatoms. The van der Waals surface area contributed by atoms with Gasteiger partial charge in [-0.1, -0.05) is 0 Å². The van der Waals surface area contributed by atoms with Gasteiger partial charge in [-0.15, -0.1) is 0 Å². The molecule has 0 saturated heterocycles. The normalized spacial score (nSPS) is 10.7. The average molecular weight is 306 g/mol. The van der Waals surface area contributed by atoms with Crippen LogP contribution in [0, 0.1) is 17.5 Å². The summed E-state index contributed by atoms with van der Waals surface area (Å²) in [6.45, 7) is 0. The maximum Gasteiger partial charge on any atom is 0.323 e. The number of halogens is 3. The number of benzene rings is 2. The second-order valence-electron chi connectivity index (χ2n) is 4.47. The number of carbonyl (C=O) groups excluding carboxylic acids is 1. The summed E-state index contributed by atoms with van der Waals surface area (Å²) in [6, 6.07) is 5.86. The van der Waals surface area contributed by atoms with Crippen molar-refractivity contribution in [3.63, 3.8) is 0 Å². The summed E-state index contributed by atoms with van der Waals surface area (Å²) in [6.07, 6.45) is 1.62. The molecule has 0 saturated carbocycles. The zero-order valence-corrected chi connectivity index (χ0v) is 11.0. The molecular weight excluding hydrogens is 297 g/mol. The van der Waals surface area contributed by atoms with Crippen LogP contribution in [0.2, 0.25) is 0 Å². The Balaban J connectivity index is 1.76. The zero-order chi connectivity index (χ0) is 15.7. The fourth-order valence-corrected chi connectivity index (χ4v) is 1.92. The number of rotatable bonds is 2. The number of nitrogens with one attached hydrogen (secondary N) is 3. The van der Waals surface area contributed by atoms with E-state index in [2.05, 4.69) is 20.8 Å². The third kappa shape index (κ3) is 2.58. The van der Waals surface area contributed by atoms with Gasteiger partial charge in [-0.3, -0.25) is 5.10 Å². The van der Waals surface area contributed by atoms with E-state index in [0.717, 1.165) is 17.5 Å². The molecular formula is C14H9F3N4O. The largest absolute Gasteiger partial charge is 0.323 e. The van der Waals surface area contributed by atoms with Crippen molar-refractivity contribution in [3.8, 4) is 0 Å². The number of aromatic nitrogens is 2. The van der Waals surface area contributed by atoms with Crippen molar-refractivity contribution in [2.24, 2.45) is 0 Å². The second kappa shape index (κ2) is 5.40. The van der Waals surface area contributed by atoms with Gasteiger partial charge in [0.2, 0.25) is 0 Å². The Kier molecular flexibility index (Phi) is 3.42. The lowest BCUT2D eigenvalue weighted by Crippen LogP contribution is -2.20. The molecule has 3 N–H and O–H groups in total. The highest BCUT2D eigenvalue weighted by Crippen LogP contribution is 2.20. The molecule has 2 aromatic carbocycles. The van der Waals surface area contributed by atoms with Crippen molar-refractivity contribution in [2.45, 2.75) is 0 Å². The topological polar surface area (TPSA) is 69.8 Å². The molecule has 0 radical (unpaired) electrons. The van der Waals surface area contributed by atoms with Gasteiger partial charge in [-0.2, -0.15) is 5.10 Å². The third-order valence-electron chi connectivity index (χ3n) is 2.98. The number of H-pyrrole nitrogens is 1. The number of anilines is 2. The van der Waals surface area contributed by atoms with E-state index < -0.39 is 29.2 Å². The van der Waals surface area contributed by atoms with Crippen LogP contribution in [0.1, 0.15) is 0 Å². The van der Waals surface area contributed by atoms with Crippen molar-refractivity contribution in [2.75, 3.05) is 10.6 Å². The van der Waals surface area contributed by atoms with E-state index in [0.29, 0.717) is 11.2 Å². The predicted molar refractivity (Wildman–Crippen MR) is 75.1 cm³/mol. The molecule has 112 valence electrons. The summed E-state index contributed by atoms with van der Waals surface area (Å²) in [5.41, 5.74) is 0.674. The SMILES string of the molecule is O=C(Nc1ccc2cn[nH]c2c1)Nc1ccc(F)c(F)c1F. The highest BCUT2D eigenvalue weighted by Gasteiger charge is 2.15. The predicted octanol–water partition coefficient (Wildman–Crippen LogP) is 3.62. The smallest absolute Gasteiger partial charge is 0.308 e. The van der Waals surface area contributed by atoms with Crippen LogP contribution >= 0.6 is 0 Å². The molecule has 3 aromatic rings. The molecule has 0 bridgehead atoms. The van der Waals surface area contributed by atoms with Crippen molar-refractivity contribution < 1.29 is 18.0 Å². The van der Waals surface area contributed by atoms with Crippen molar-refractivity contribution in [1.29, 1.82) is 0 Å². The highest BCUT2D eigenvalue weighted by molar-refractivity contribution is 6.00. The van der Waals surface area contributed by atoms with Crippen LogP contribution in [0.3, 0.4) is 0 Å². The van der Waals surface area contributed by atoms with Crippen molar-refractivity contribution >= 4 is 28.3 Å². The molecule has 0 fully saturated rings. The lowest BCUT2D eigenvalue weighted by molar-refractivity contribution is 0.262. The van der Waals surface area contributed by atoms with Gasteiger partial charge in [0, 0.05) is 11.1 Å². The number of amides is 2. The summed E-state index contributed by atoms with van der Waals surface area (Å²) >= 11 is 0. The van der Waals surface area contributed by atoms with Crippen molar-refractivity contribution in [3.05, 3.63) is 54.0 Å². The number of fused-ring (bicyclic) bond motifs is 1. The Morgan fingerprint density at radius 2 is 1.86 bits per heavy atom. The van der Waals surface area contributed by atoms with Crippen LogP contribution in [0.15, 0.2) is 36.5 Å². The van der Waals surface area contributed by atoms with Crippen LogP contribution in [0.25, 0.3) is 10.9 Å². The first-order valence-corrected chi connectivity index (χ1v) is 6.19. The van der Waals surface area contributed by atoms with Gasteiger partial charge in [0.25, 0.3) is 0 Å². The number of carbonyl (C=O) groups is 1. The van der Waals surface area contributed by atoms with Gasteiger partial charge in [0.1, 0.15) is 0 Å². The van der Waals surface area contributed by atoms with Crippen LogP contribution in [0.4, 0.5) is 29.3 Å². The Bertz CT molecular complexity index is 862. The lowest BCUT2D eigenvalue weighted by Gasteiger charge is -2.09. The molecule has 0 aliphatic carbocycles. The second-order valence-corrected chi connectivity index (χ2v) is 4.47. The number of hydrogen-bond donors (Lipinski definition) is 3. The minimum atomic E-state index is -1.64. The fourth-order valence-electron chi connectivity index (χ4n) is 1.92. The summed E-state index contributed by atoms with van der Waals surface area (Å²) in [5, 5.41) is 12.0. The minimum Gasteiger partial charge on any atom is -0.308 e. The summed E-state index contributed by atoms with van der Waals surface area (Å²) in [4.78, 5) is 11.8. The standard InChI is InChI=1S/C14H9F3N4O/c15-9-3-4-10(13(17)12(9)16)20-14(22)19-8-2-1-7-6-18-21-11(7)5-8/h1-6H,(H,18,21)(H2,19,20,22). The number of aromatic amines is 1. The van der Waals surface area contributed by atoms with Crippen LogP contribution < -0.4 is 10.6 Å². The maximum absolute atomic E-state index is 13.5. The average Bonchev–Trinajstić information content (AvgIpc) is 2.95. The van der Waals surface area contributed by atoms with E-state index in [9.17, 15) is 18.0 Å². The first-order chi connectivity index (χ1) is 10.5. The monoisotopic (exact) mass is 306 g/mol. The minimum absolute atomic E-state index is 0.428. The summed E-state index contributed by atoms with van der Waals surface area (Å²) < 4.78 is 39.3. The molecule has 3 rings (SSSR count). The Morgan fingerprint density at radius 3 is 2.68 bits per heavy atom. The van der Waals surface area contributed by atoms with Gasteiger partial charge in [-0.25, -0.2) is 18.0 Å². The third-order valence-corrected chi connectivity index (χ3v) is 2.98. The lowest BCUT2D eigenvalue weighted by atomic mass is 10.2. The number of urea groups is 1. The number of hydrogen-bond acceptors (Lipinski definition) is 2. The van der Waals surface area contributed by atoms with Crippen LogP contribution in [-0.4, -0.2) is 16.2 Å². The van der Waals surface area contributed by atoms with E-state index in [-0.39, 0.29) is 0 Å². The van der Waals surface area contributed by atoms with E-state index in [4.69, 9.17) is 0 Å². The molecule has 5 nitrogen and oxygen atoms in total. The summed E-state index contributed by atoms with van der Waals surface area (Å²) in [7, 11) is 0. The zero-order valence-electron chi connectivity index (χ0n) is 11.0. The molecule has 0 spiro atoms. The first-order valence-electron chi connectivity index (χ1n) is 6.19. The van der Waals surface area contributed by atoms with E-state index in [1.54, 1.807) is 24.4 Å². The van der Waals surface area contributed by atoms with Gasteiger partial charge in [0.15, 0.2) is 17.5 Å².